The zero-order valence-electron chi connectivity index (χ0n) is 12.7. The molecule has 0 atom stereocenters. The van der Waals surface area contributed by atoms with Crippen LogP contribution >= 0.6 is 15.9 Å². The van der Waals surface area contributed by atoms with Crippen LogP contribution in [0.1, 0.15) is 21.5 Å². The Labute approximate surface area is 139 Å². The molecule has 22 heavy (non-hydrogen) atoms. The van der Waals surface area contributed by atoms with Gasteiger partial charge in [0.15, 0.2) is 0 Å². The van der Waals surface area contributed by atoms with Gasteiger partial charge in [0.2, 0.25) is 0 Å². The number of rotatable bonds is 5. The average molecular weight is 360 g/mol. The van der Waals surface area contributed by atoms with E-state index in [-0.39, 0.29) is 5.91 Å². The number of amides is 1. The summed E-state index contributed by atoms with van der Waals surface area (Å²) < 4.78 is 6.22. The van der Waals surface area contributed by atoms with Gasteiger partial charge in [-0.1, -0.05) is 24.8 Å². The minimum Gasteiger partial charge on any atom is -0.488 e. The highest BCUT2D eigenvalue weighted by Crippen LogP contribution is 2.27. The minimum absolute atomic E-state index is 0.148. The molecule has 0 saturated carbocycles. The van der Waals surface area contributed by atoms with Gasteiger partial charge in [-0.3, -0.25) is 4.79 Å². The van der Waals surface area contributed by atoms with Crippen LogP contribution in [0.15, 0.2) is 53.5 Å². The molecule has 0 heterocycles. The molecule has 0 bridgehead atoms. The second kappa shape index (κ2) is 7.27. The molecule has 0 fully saturated rings. The number of hydrogen-bond acceptors (Lipinski definition) is 2. The number of nitrogens with one attached hydrogen (secondary N) is 1. The van der Waals surface area contributed by atoms with Gasteiger partial charge in [0, 0.05) is 11.3 Å². The maximum absolute atomic E-state index is 12.4. The Kier molecular flexibility index (Phi) is 5.39. The number of hydrogen-bond donors (Lipinski definition) is 1. The molecule has 114 valence electrons. The molecule has 2 rings (SSSR count). The van der Waals surface area contributed by atoms with Crippen molar-refractivity contribution in [2.75, 3.05) is 11.9 Å². The third-order valence-corrected chi connectivity index (χ3v) is 4.02. The average Bonchev–Trinajstić information content (AvgIpc) is 2.50. The minimum atomic E-state index is -0.148. The fraction of sp³-hybridized carbons (Fsp3) is 0.167. The number of anilines is 1. The number of halogens is 1. The lowest BCUT2D eigenvalue weighted by atomic mass is 10.1. The number of carbonyl (C=O) groups excluding carboxylic acids is 1. The molecule has 0 aromatic heterocycles. The van der Waals surface area contributed by atoms with E-state index in [0.717, 1.165) is 21.3 Å². The van der Waals surface area contributed by atoms with Crippen LogP contribution < -0.4 is 10.1 Å². The van der Waals surface area contributed by atoms with E-state index in [4.69, 9.17) is 4.74 Å². The Bertz CT molecular complexity index is 710. The van der Waals surface area contributed by atoms with E-state index in [9.17, 15) is 4.79 Å². The zero-order chi connectivity index (χ0) is 16.1. The van der Waals surface area contributed by atoms with Crippen molar-refractivity contribution in [3.05, 3.63) is 70.2 Å². The molecule has 1 N–H and O–H groups in total. The highest BCUT2D eigenvalue weighted by atomic mass is 79.9. The van der Waals surface area contributed by atoms with Crippen molar-refractivity contribution in [1.29, 1.82) is 0 Å². The first-order chi connectivity index (χ1) is 10.5. The lowest BCUT2D eigenvalue weighted by Crippen LogP contribution is -2.13. The number of ether oxygens (including phenoxy) is 1. The highest BCUT2D eigenvalue weighted by molar-refractivity contribution is 9.10. The largest absolute Gasteiger partial charge is 0.488 e. The van der Waals surface area contributed by atoms with Crippen LogP contribution in [0.3, 0.4) is 0 Å². The molecular weight excluding hydrogens is 342 g/mol. The van der Waals surface area contributed by atoms with Crippen molar-refractivity contribution in [2.45, 2.75) is 13.8 Å². The maximum atomic E-state index is 12.4. The zero-order valence-corrected chi connectivity index (χ0v) is 14.2. The van der Waals surface area contributed by atoms with Crippen LogP contribution in [0, 0.1) is 13.8 Å². The Balaban J connectivity index is 2.17. The summed E-state index contributed by atoms with van der Waals surface area (Å²) in [6, 6.07) is 11.1. The fourth-order valence-electron chi connectivity index (χ4n) is 1.99. The van der Waals surface area contributed by atoms with E-state index < -0.39 is 0 Å². The van der Waals surface area contributed by atoms with Crippen molar-refractivity contribution in [3.63, 3.8) is 0 Å². The number of aryl methyl sites for hydroxylation is 1. The van der Waals surface area contributed by atoms with Crippen molar-refractivity contribution in [3.8, 4) is 5.75 Å². The van der Waals surface area contributed by atoms with E-state index in [1.54, 1.807) is 24.3 Å². The first-order valence-electron chi connectivity index (χ1n) is 6.93. The Morgan fingerprint density at radius 1 is 1.32 bits per heavy atom. The summed E-state index contributed by atoms with van der Waals surface area (Å²) in [4.78, 5) is 12.4. The molecule has 0 unspecified atom stereocenters. The van der Waals surface area contributed by atoms with Crippen molar-refractivity contribution in [1.82, 2.24) is 0 Å². The molecule has 0 aliphatic heterocycles. The molecule has 0 saturated heterocycles. The topological polar surface area (TPSA) is 38.3 Å². The Hall–Kier alpha value is -2.07. The third kappa shape index (κ3) is 3.77. The van der Waals surface area contributed by atoms with Crippen molar-refractivity contribution < 1.29 is 9.53 Å². The van der Waals surface area contributed by atoms with E-state index in [2.05, 4.69) is 27.8 Å². The third-order valence-electron chi connectivity index (χ3n) is 3.40. The Morgan fingerprint density at radius 3 is 2.77 bits per heavy atom. The summed E-state index contributed by atoms with van der Waals surface area (Å²) >= 11 is 3.42. The van der Waals surface area contributed by atoms with Gasteiger partial charge in [0.05, 0.1) is 4.47 Å². The van der Waals surface area contributed by atoms with Crippen molar-refractivity contribution >= 4 is 27.5 Å². The summed E-state index contributed by atoms with van der Waals surface area (Å²) in [6.45, 7) is 8.05. The van der Waals surface area contributed by atoms with Crippen LogP contribution in [0.5, 0.6) is 5.75 Å². The molecule has 0 aliphatic rings. The molecule has 1 amide bonds. The highest BCUT2D eigenvalue weighted by Gasteiger charge is 2.11. The van der Waals surface area contributed by atoms with E-state index in [1.165, 1.54) is 0 Å². The molecule has 2 aromatic rings. The summed E-state index contributed by atoms with van der Waals surface area (Å²) in [7, 11) is 0. The van der Waals surface area contributed by atoms with Crippen LogP contribution in [0.25, 0.3) is 0 Å². The Morgan fingerprint density at radius 2 is 2.09 bits per heavy atom. The van der Waals surface area contributed by atoms with Gasteiger partial charge >= 0.3 is 0 Å². The van der Waals surface area contributed by atoms with Gasteiger partial charge in [-0.15, -0.1) is 0 Å². The van der Waals surface area contributed by atoms with Gasteiger partial charge in [0.25, 0.3) is 5.91 Å². The number of benzene rings is 2. The summed E-state index contributed by atoms with van der Waals surface area (Å²) in [5, 5.41) is 2.94. The van der Waals surface area contributed by atoms with E-state index in [0.29, 0.717) is 17.9 Å². The van der Waals surface area contributed by atoms with Crippen LogP contribution in [-0.4, -0.2) is 12.5 Å². The van der Waals surface area contributed by atoms with E-state index >= 15 is 0 Å². The molecule has 0 radical (unpaired) electrons. The lowest BCUT2D eigenvalue weighted by molar-refractivity contribution is 0.102. The fourth-order valence-corrected chi connectivity index (χ4v) is 2.48. The molecule has 2 aromatic carbocycles. The standard InChI is InChI=1S/C18H18BrNO2/c1-4-10-22-17-9-8-14(11-15(17)19)18(21)20-16-7-5-6-12(2)13(16)3/h4-9,11H,1,10H2,2-3H3,(H,20,21). The van der Waals surface area contributed by atoms with Gasteiger partial charge in [-0.2, -0.15) is 0 Å². The van der Waals surface area contributed by atoms with Gasteiger partial charge in [0.1, 0.15) is 12.4 Å². The van der Waals surface area contributed by atoms with Crippen LogP contribution in [0.2, 0.25) is 0 Å². The molecular formula is C18H18BrNO2. The second-order valence-electron chi connectivity index (χ2n) is 4.95. The van der Waals surface area contributed by atoms with Crippen molar-refractivity contribution in [2.24, 2.45) is 0 Å². The van der Waals surface area contributed by atoms with Gasteiger partial charge < -0.3 is 10.1 Å². The quantitative estimate of drug-likeness (QED) is 0.772. The SMILES string of the molecule is C=CCOc1ccc(C(=O)Nc2cccc(C)c2C)cc1Br. The summed E-state index contributed by atoms with van der Waals surface area (Å²) in [5.41, 5.74) is 3.61. The number of carbonyl (C=O) groups is 1. The lowest BCUT2D eigenvalue weighted by Gasteiger charge is -2.11. The summed E-state index contributed by atoms with van der Waals surface area (Å²) in [6.07, 6.45) is 1.67. The first kappa shape index (κ1) is 16.3. The predicted molar refractivity (Wildman–Crippen MR) is 93.7 cm³/mol. The summed E-state index contributed by atoms with van der Waals surface area (Å²) in [5.74, 6) is 0.535. The molecule has 4 heteroatoms. The molecule has 0 spiro atoms. The van der Waals surface area contributed by atoms with Crippen LogP contribution in [0.4, 0.5) is 5.69 Å². The normalized spacial score (nSPS) is 10.1. The maximum Gasteiger partial charge on any atom is 0.255 e. The molecule has 3 nitrogen and oxygen atoms in total. The monoisotopic (exact) mass is 359 g/mol. The smallest absolute Gasteiger partial charge is 0.255 e. The second-order valence-corrected chi connectivity index (χ2v) is 5.80. The predicted octanol–water partition coefficient (Wildman–Crippen LogP) is 4.88. The molecule has 0 aliphatic carbocycles. The van der Waals surface area contributed by atoms with Crippen LogP contribution in [-0.2, 0) is 0 Å². The first-order valence-corrected chi connectivity index (χ1v) is 7.73. The van der Waals surface area contributed by atoms with Gasteiger partial charge in [-0.05, 0) is 65.2 Å². The van der Waals surface area contributed by atoms with Gasteiger partial charge in [-0.25, -0.2) is 0 Å². The van der Waals surface area contributed by atoms with E-state index in [1.807, 2.05) is 32.0 Å².